The summed E-state index contributed by atoms with van der Waals surface area (Å²) >= 11 is 10.9. The smallest absolute Gasteiger partial charge is 0.312 e. The van der Waals surface area contributed by atoms with Gasteiger partial charge in [0.05, 0.1) is 24.4 Å². The number of phenols is 1. The normalized spacial score (nSPS) is 15.1. The third-order valence-electron chi connectivity index (χ3n) is 3.69. The summed E-state index contributed by atoms with van der Waals surface area (Å²) in [5.74, 6) is -0.505. The fraction of sp³-hybridized carbons (Fsp3) is 0.467. The fourth-order valence-electron chi connectivity index (χ4n) is 2.37. The average molecular weight is 402 g/mol. The average Bonchev–Trinajstić information content (AvgIpc) is 2.62. The van der Waals surface area contributed by atoms with E-state index in [1.165, 1.54) is 12.3 Å². The van der Waals surface area contributed by atoms with Crippen molar-refractivity contribution in [2.75, 3.05) is 39.4 Å². The second-order valence-electron chi connectivity index (χ2n) is 5.55. The summed E-state index contributed by atoms with van der Waals surface area (Å²) in [5, 5.41) is 28.0. The van der Waals surface area contributed by atoms with Crippen molar-refractivity contribution in [1.82, 2.24) is 15.6 Å². The maximum absolute atomic E-state index is 10.9. The summed E-state index contributed by atoms with van der Waals surface area (Å²) in [5.41, 5.74) is 2.23. The Morgan fingerprint density at radius 3 is 2.92 bits per heavy atom. The van der Waals surface area contributed by atoms with Gasteiger partial charge >= 0.3 is 5.69 Å². The SMILES string of the molecule is O=[N+]([O-])c1cc(Cl)cc(/C=N/NC(=S)NCCCN2CCOCC2)c1O. The van der Waals surface area contributed by atoms with Gasteiger partial charge in [-0.1, -0.05) is 11.6 Å². The molecule has 26 heavy (non-hydrogen) atoms. The van der Waals surface area contributed by atoms with Crippen LogP contribution in [-0.2, 0) is 4.74 Å². The van der Waals surface area contributed by atoms with Gasteiger partial charge < -0.3 is 15.2 Å². The molecule has 1 aliphatic heterocycles. The molecular weight excluding hydrogens is 382 g/mol. The third-order valence-corrected chi connectivity index (χ3v) is 4.14. The van der Waals surface area contributed by atoms with E-state index in [0.717, 1.165) is 45.3 Å². The van der Waals surface area contributed by atoms with Gasteiger partial charge in [-0.3, -0.25) is 20.4 Å². The molecule has 0 amide bonds. The Bertz CT molecular complexity index is 682. The molecule has 1 aromatic carbocycles. The van der Waals surface area contributed by atoms with Gasteiger partial charge in [-0.15, -0.1) is 0 Å². The number of hydrogen-bond acceptors (Lipinski definition) is 7. The Kier molecular flexibility index (Phi) is 7.98. The molecule has 0 radical (unpaired) electrons. The van der Waals surface area contributed by atoms with Crippen LogP contribution in [0.5, 0.6) is 5.75 Å². The third kappa shape index (κ3) is 6.37. The highest BCUT2D eigenvalue weighted by molar-refractivity contribution is 7.80. The molecule has 0 unspecified atom stereocenters. The van der Waals surface area contributed by atoms with E-state index in [1.807, 2.05) is 0 Å². The number of ether oxygens (including phenoxy) is 1. The molecule has 2 rings (SSSR count). The van der Waals surface area contributed by atoms with Gasteiger partial charge in [0.15, 0.2) is 5.11 Å². The Labute approximate surface area is 161 Å². The highest BCUT2D eigenvalue weighted by Gasteiger charge is 2.17. The minimum Gasteiger partial charge on any atom is -0.502 e. The van der Waals surface area contributed by atoms with Crippen LogP contribution in [0.25, 0.3) is 0 Å². The molecule has 1 aromatic rings. The second-order valence-corrected chi connectivity index (χ2v) is 6.40. The molecule has 0 aromatic heterocycles. The predicted octanol–water partition coefficient (Wildman–Crippen LogP) is 1.47. The van der Waals surface area contributed by atoms with Crippen LogP contribution in [0.4, 0.5) is 5.69 Å². The van der Waals surface area contributed by atoms with Gasteiger partial charge in [-0.25, -0.2) is 0 Å². The lowest BCUT2D eigenvalue weighted by Crippen LogP contribution is -2.39. The van der Waals surface area contributed by atoms with E-state index in [9.17, 15) is 15.2 Å². The highest BCUT2D eigenvalue weighted by Crippen LogP contribution is 2.32. The lowest BCUT2D eigenvalue weighted by Gasteiger charge is -2.26. The number of nitrogens with one attached hydrogen (secondary N) is 2. The molecule has 0 saturated carbocycles. The van der Waals surface area contributed by atoms with Crippen LogP contribution in [0.2, 0.25) is 5.02 Å². The number of morpholine rings is 1. The number of hydrogen-bond donors (Lipinski definition) is 3. The Hall–Kier alpha value is -2.01. The van der Waals surface area contributed by atoms with Crippen molar-refractivity contribution in [3.8, 4) is 5.75 Å². The molecule has 3 N–H and O–H groups in total. The van der Waals surface area contributed by atoms with Gasteiger partial charge in [0, 0.05) is 36.3 Å². The van der Waals surface area contributed by atoms with E-state index in [-0.39, 0.29) is 10.6 Å². The van der Waals surface area contributed by atoms with Crippen LogP contribution < -0.4 is 10.7 Å². The molecule has 0 atom stereocenters. The zero-order chi connectivity index (χ0) is 18.9. The van der Waals surface area contributed by atoms with Crippen molar-refractivity contribution in [2.24, 2.45) is 5.10 Å². The first kappa shape index (κ1) is 20.3. The van der Waals surface area contributed by atoms with Gasteiger partial charge in [-0.05, 0) is 31.2 Å². The van der Waals surface area contributed by atoms with Gasteiger partial charge in [0.25, 0.3) is 0 Å². The molecule has 0 bridgehead atoms. The summed E-state index contributed by atoms with van der Waals surface area (Å²) < 4.78 is 5.29. The Morgan fingerprint density at radius 2 is 2.23 bits per heavy atom. The molecule has 1 heterocycles. The summed E-state index contributed by atoms with van der Waals surface area (Å²) in [4.78, 5) is 12.5. The minimum atomic E-state index is -0.716. The number of hydrazone groups is 1. The van der Waals surface area contributed by atoms with Crippen LogP contribution in [0.15, 0.2) is 17.2 Å². The van der Waals surface area contributed by atoms with Crippen molar-refractivity contribution in [3.05, 3.63) is 32.8 Å². The van der Waals surface area contributed by atoms with Crippen molar-refractivity contribution in [2.45, 2.75) is 6.42 Å². The van der Waals surface area contributed by atoms with Crippen LogP contribution >= 0.6 is 23.8 Å². The first-order chi connectivity index (χ1) is 12.5. The molecule has 9 nitrogen and oxygen atoms in total. The van der Waals surface area contributed by atoms with Crippen molar-refractivity contribution < 1.29 is 14.8 Å². The lowest BCUT2D eigenvalue weighted by molar-refractivity contribution is -0.385. The van der Waals surface area contributed by atoms with E-state index in [1.54, 1.807) is 0 Å². The molecule has 0 spiro atoms. The molecule has 1 aliphatic rings. The summed E-state index contributed by atoms with van der Waals surface area (Å²) in [6.45, 7) is 5.09. The van der Waals surface area contributed by atoms with Crippen LogP contribution in [-0.4, -0.2) is 65.6 Å². The zero-order valence-corrected chi connectivity index (χ0v) is 15.6. The topological polar surface area (TPSA) is 112 Å². The second kappa shape index (κ2) is 10.2. The Balaban J connectivity index is 1.75. The number of nitro benzene ring substituents is 1. The molecular formula is C15H20ClN5O4S. The van der Waals surface area contributed by atoms with Crippen molar-refractivity contribution >= 4 is 40.8 Å². The Morgan fingerprint density at radius 1 is 1.50 bits per heavy atom. The first-order valence-electron chi connectivity index (χ1n) is 8.01. The lowest BCUT2D eigenvalue weighted by atomic mass is 10.2. The van der Waals surface area contributed by atoms with Crippen molar-refractivity contribution in [3.63, 3.8) is 0 Å². The predicted molar refractivity (Wildman–Crippen MR) is 103 cm³/mol. The maximum atomic E-state index is 10.9. The van der Waals surface area contributed by atoms with Crippen LogP contribution in [0.3, 0.4) is 0 Å². The van der Waals surface area contributed by atoms with E-state index in [0.29, 0.717) is 11.7 Å². The quantitative estimate of drug-likeness (QED) is 0.207. The van der Waals surface area contributed by atoms with Gasteiger partial charge in [0.1, 0.15) is 0 Å². The van der Waals surface area contributed by atoms with Crippen molar-refractivity contribution in [1.29, 1.82) is 0 Å². The summed E-state index contributed by atoms with van der Waals surface area (Å²) in [6, 6.07) is 2.44. The van der Waals surface area contributed by atoms with E-state index < -0.39 is 16.4 Å². The van der Waals surface area contributed by atoms with Gasteiger partial charge in [-0.2, -0.15) is 5.10 Å². The molecule has 11 heteroatoms. The number of benzene rings is 1. The highest BCUT2D eigenvalue weighted by atomic mass is 35.5. The van der Waals surface area contributed by atoms with E-state index >= 15 is 0 Å². The van der Waals surface area contributed by atoms with Crippen LogP contribution in [0.1, 0.15) is 12.0 Å². The number of phenolic OH excluding ortho intramolecular Hbond substituents is 1. The van der Waals surface area contributed by atoms with E-state index in [2.05, 4.69) is 20.7 Å². The minimum absolute atomic E-state index is 0.117. The maximum Gasteiger partial charge on any atom is 0.312 e. The summed E-state index contributed by atoms with van der Waals surface area (Å²) in [7, 11) is 0. The zero-order valence-electron chi connectivity index (χ0n) is 14.0. The largest absolute Gasteiger partial charge is 0.502 e. The standard InChI is InChI=1S/C15H20ClN5O4S/c16-12-8-11(14(22)13(9-12)21(23)24)10-18-19-15(26)17-2-1-3-20-4-6-25-7-5-20/h8-10,22H,1-7H2,(H2,17,19,26)/b18-10+. The number of nitro groups is 1. The number of thiocarbonyl (C=S) groups is 1. The van der Waals surface area contributed by atoms with Gasteiger partial charge in [0.2, 0.25) is 5.75 Å². The summed E-state index contributed by atoms with van der Waals surface area (Å²) in [6.07, 6.45) is 2.14. The number of nitrogens with zero attached hydrogens (tertiary/aromatic N) is 3. The van der Waals surface area contributed by atoms with E-state index in [4.69, 9.17) is 28.6 Å². The fourth-order valence-corrected chi connectivity index (χ4v) is 2.75. The number of halogens is 1. The molecule has 1 saturated heterocycles. The number of aromatic hydroxyl groups is 1. The van der Waals surface area contributed by atoms with Crippen LogP contribution in [0, 0.1) is 10.1 Å². The number of rotatable bonds is 7. The first-order valence-corrected chi connectivity index (χ1v) is 8.80. The molecule has 0 aliphatic carbocycles. The molecule has 142 valence electrons. The molecule has 1 fully saturated rings. The monoisotopic (exact) mass is 401 g/mol.